The minimum atomic E-state index is -0.0419. The maximum absolute atomic E-state index is 11.8. The molecule has 0 spiro atoms. The van der Waals surface area contributed by atoms with Gasteiger partial charge < -0.3 is 29.2 Å². The molecule has 2 N–H and O–H groups in total. The molecule has 66 heavy (non-hydrogen) atoms. The number of aliphatic imine (C=N–C) groups is 2. The zero-order valence-corrected chi connectivity index (χ0v) is 38.3. The Labute approximate surface area is 391 Å². The van der Waals surface area contributed by atoms with Crippen molar-refractivity contribution >= 4 is 53.3 Å². The normalized spacial score (nSPS) is 17.4. The summed E-state index contributed by atoms with van der Waals surface area (Å²) in [6.07, 6.45) is 17.1. The van der Waals surface area contributed by atoms with Gasteiger partial charge in [-0.25, -0.2) is 9.98 Å². The van der Waals surface area contributed by atoms with Gasteiger partial charge in [0.2, 0.25) is 17.7 Å². The summed E-state index contributed by atoms with van der Waals surface area (Å²) < 4.78 is 14.1. The van der Waals surface area contributed by atoms with Gasteiger partial charge in [0, 0.05) is 58.3 Å². The predicted molar refractivity (Wildman–Crippen MR) is 268 cm³/mol. The number of benzene rings is 4. The molecule has 1 saturated heterocycles. The summed E-state index contributed by atoms with van der Waals surface area (Å²) in [5, 5.41) is 4.87. The third-order valence-electron chi connectivity index (χ3n) is 11.2. The van der Waals surface area contributed by atoms with Crippen LogP contribution in [-0.4, -0.2) is 57.3 Å². The number of aromatic nitrogens is 2. The fraction of sp³-hybridized carbons (Fsp3) is 0.200. The summed E-state index contributed by atoms with van der Waals surface area (Å²) in [7, 11) is 0. The highest BCUT2D eigenvalue weighted by atomic mass is 32.2. The summed E-state index contributed by atoms with van der Waals surface area (Å²) in [5.74, 6) is 4.15. The molecule has 10 nitrogen and oxygen atoms in total. The molecule has 6 aromatic rings. The van der Waals surface area contributed by atoms with Gasteiger partial charge >= 0.3 is 0 Å². The van der Waals surface area contributed by atoms with Crippen molar-refractivity contribution < 1.29 is 19.1 Å². The Morgan fingerprint density at radius 2 is 1.45 bits per heavy atom. The minimum absolute atomic E-state index is 0.0326. The van der Waals surface area contributed by atoms with Gasteiger partial charge in [-0.1, -0.05) is 80.9 Å². The van der Waals surface area contributed by atoms with E-state index in [0.717, 1.165) is 69.7 Å². The average molecular weight is 897 g/mol. The number of hydrogen-bond donors (Lipinski definition) is 2. The van der Waals surface area contributed by atoms with Gasteiger partial charge in [-0.15, -0.1) is 0 Å². The highest BCUT2D eigenvalue weighted by molar-refractivity contribution is 7.99. The molecule has 1 atom stereocenters. The molecule has 1 aliphatic carbocycles. The second-order valence-corrected chi connectivity index (χ2v) is 17.3. The van der Waals surface area contributed by atoms with E-state index in [2.05, 4.69) is 95.1 Å². The van der Waals surface area contributed by atoms with Crippen LogP contribution in [0, 0.1) is 12.8 Å². The van der Waals surface area contributed by atoms with Crippen LogP contribution in [0.25, 0.3) is 12.0 Å². The molecule has 1 saturated carbocycles. The van der Waals surface area contributed by atoms with Gasteiger partial charge in [-0.2, -0.15) is 0 Å². The topological polar surface area (TPSA) is 113 Å². The second kappa shape index (κ2) is 23.0. The van der Waals surface area contributed by atoms with Crippen molar-refractivity contribution in [2.45, 2.75) is 61.4 Å². The van der Waals surface area contributed by atoms with Crippen molar-refractivity contribution in [2.75, 3.05) is 13.1 Å². The van der Waals surface area contributed by atoms with Crippen LogP contribution >= 0.6 is 11.8 Å². The van der Waals surface area contributed by atoms with Crippen LogP contribution in [0.3, 0.4) is 0 Å². The number of allylic oxidation sites excluding steroid dienone is 1. The van der Waals surface area contributed by atoms with Gasteiger partial charge in [0.05, 0.1) is 11.8 Å². The number of nitrogens with one attached hydrogen (secondary N) is 2. The lowest BCUT2D eigenvalue weighted by atomic mass is 9.93. The molecule has 2 aliphatic heterocycles. The van der Waals surface area contributed by atoms with Crippen LogP contribution in [-0.2, 0) is 9.59 Å². The van der Waals surface area contributed by atoms with Crippen LogP contribution in [0.15, 0.2) is 191 Å². The van der Waals surface area contributed by atoms with Crippen LogP contribution in [0.1, 0.15) is 49.8 Å². The maximum Gasteiger partial charge on any atom is 0.246 e. The van der Waals surface area contributed by atoms with Crippen LogP contribution in [0.2, 0.25) is 0 Å². The molecule has 4 heterocycles. The molecule has 9 rings (SSSR count). The number of hydrogen-bond acceptors (Lipinski definition) is 7. The fourth-order valence-electron chi connectivity index (χ4n) is 7.15. The first-order valence-corrected chi connectivity index (χ1v) is 23.0. The van der Waals surface area contributed by atoms with Crippen molar-refractivity contribution in [1.29, 1.82) is 0 Å². The van der Waals surface area contributed by atoms with Crippen LogP contribution < -0.4 is 25.4 Å². The molecular weight excluding hydrogens is 841 g/mol. The number of para-hydroxylation sites is 1. The molecule has 0 radical (unpaired) electrons. The Kier molecular flexibility index (Phi) is 16.2. The van der Waals surface area contributed by atoms with Crippen LogP contribution in [0.4, 0.5) is 5.82 Å². The van der Waals surface area contributed by atoms with Gasteiger partial charge in [0.1, 0.15) is 28.4 Å². The number of amides is 2. The highest BCUT2D eigenvalue weighted by Crippen LogP contribution is 2.32. The Morgan fingerprint density at radius 1 is 0.803 bits per heavy atom. The van der Waals surface area contributed by atoms with E-state index in [4.69, 9.17) is 14.5 Å². The van der Waals surface area contributed by atoms with E-state index in [0.29, 0.717) is 30.9 Å². The molecule has 11 heteroatoms. The highest BCUT2D eigenvalue weighted by Gasteiger charge is 2.32. The summed E-state index contributed by atoms with van der Waals surface area (Å²) in [4.78, 5) is 39.3. The van der Waals surface area contributed by atoms with E-state index >= 15 is 0 Å². The van der Waals surface area contributed by atoms with Gasteiger partial charge in [-0.05, 0) is 147 Å². The summed E-state index contributed by atoms with van der Waals surface area (Å²) in [6.45, 7) is 16.4. The van der Waals surface area contributed by atoms with E-state index in [9.17, 15) is 9.59 Å². The van der Waals surface area contributed by atoms with Crippen molar-refractivity contribution in [3.8, 4) is 17.2 Å². The van der Waals surface area contributed by atoms with E-state index < -0.39 is 0 Å². The number of aryl methyl sites for hydroxylation is 1. The number of rotatable bonds is 13. The minimum Gasteiger partial charge on any atom is -0.457 e. The fourth-order valence-corrected chi connectivity index (χ4v) is 7.99. The molecule has 0 bridgehead atoms. The van der Waals surface area contributed by atoms with Gasteiger partial charge in [0.25, 0.3) is 0 Å². The van der Waals surface area contributed by atoms with Crippen molar-refractivity contribution in [3.63, 3.8) is 0 Å². The number of ether oxygens (including phenoxy) is 2. The van der Waals surface area contributed by atoms with E-state index in [1.807, 2.05) is 104 Å². The Balaban J connectivity index is 0.000000167. The van der Waals surface area contributed by atoms with Crippen molar-refractivity contribution in [1.82, 2.24) is 19.8 Å². The van der Waals surface area contributed by atoms with E-state index in [-0.39, 0.29) is 17.9 Å². The first-order valence-electron chi connectivity index (χ1n) is 22.2. The van der Waals surface area contributed by atoms with Crippen molar-refractivity contribution in [3.05, 3.63) is 193 Å². The van der Waals surface area contributed by atoms with Crippen molar-refractivity contribution in [2.24, 2.45) is 15.9 Å². The number of likely N-dealkylation sites (tertiary alicyclic amines) is 1. The third kappa shape index (κ3) is 12.7. The largest absolute Gasteiger partial charge is 0.457 e. The average Bonchev–Trinajstić information content (AvgIpc) is 3.93. The monoisotopic (exact) mass is 896 g/mol. The number of aromatic amines is 1. The maximum atomic E-state index is 11.8. The summed E-state index contributed by atoms with van der Waals surface area (Å²) >= 11 is 1.74. The molecule has 4 aromatic carbocycles. The first-order chi connectivity index (χ1) is 32.2. The molecule has 2 fully saturated rings. The van der Waals surface area contributed by atoms with Gasteiger partial charge in [-0.3, -0.25) is 9.59 Å². The molecule has 2 aromatic heterocycles. The Bertz CT molecular complexity index is 2780. The number of H-pyrrole nitrogens is 1. The Morgan fingerprint density at radius 3 is 2.11 bits per heavy atom. The number of carbonyl (C=O) groups excluding carboxylic acids is 2. The quantitative estimate of drug-likeness (QED) is 0.0886. The number of fused-ring (bicyclic) bond motifs is 1. The predicted octanol–water partition coefficient (Wildman–Crippen LogP) is 10.5. The molecule has 1 unspecified atom stereocenters. The summed E-state index contributed by atoms with van der Waals surface area (Å²) in [6, 6.07) is 40.7. The Hall–Kier alpha value is -7.37. The first kappa shape index (κ1) is 46.6. The van der Waals surface area contributed by atoms with Gasteiger partial charge in [0.15, 0.2) is 0 Å². The second-order valence-electron chi connectivity index (χ2n) is 16.1. The third-order valence-corrected chi connectivity index (χ3v) is 12.2. The lowest BCUT2D eigenvalue weighted by Gasteiger charge is -2.40. The van der Waals surface area contributed by atoms with Crippen LogP contribution in [0.5, 0.6) is 17.2 Å². The smallest absolute Gasteiger partial charge is 0.246 e. The SMILES string of the molecule is C=CC(=O)N1CC(n2ccc(C)c2/N=C(\C=C)c2ccc(Oc3ccccc3)cc2)C1.C=CC(=O)NC1CCC1.CC1\C=N/C(Oc2ccc(Sc3ccccc3)cc2)=c2/[nH]cc/c2=C\C1. The number of nitrogens with zero attached hydrogens (tertiary/aromatic N) is 4. The van der Waals surface area contributed by atoms with E-state index in [1.54, 1.807) is 22.7 Å². The number of carbonyl (C=O) groups is 2. The molecular formula is C55H56N6O4S. The zero-order chi connectivity index (χ0) is 46.3. The lowest BCUT2D eigenvalue weighted by molar-refractivity contribution is -0.131. The molecule has 336 valence electrons. The summed E-state index contributed by atoms with van der Waals surface area (Å²) in [5.41, 5.74) is 2.82. The van der Waals surface area contributed by atoms with E-state index in [1.165, 1.54) is 28.4 Å². The standard InChI is InChI=1S/C26H25N3O2.C22H20N2OS.C7H11NO/c1-4-24(20-11-13-23(14-12-20)31-22-9-7-6-8-10-22)27-26-19(3)15-16-29(26)21-17-28(18-21)25(30)5-2;1-16-7-8-17-13-14-23-21(17)22(24-15-16)25-18-9-11-20(12-10-18)26-19-5-3-2-4-6-19;1-2-7(9)8-6-4-3-5-6/h4-16,21H,1-2,17-18H2,3H3;2-6,8-16,23H,7H2,1H3;2,6H,1,3-5H2,(H,8,9)/b27-24+;17-8+,22-21-,24-15-;. The lowest BCUT2D eigenvalue weighted by Crippen LogP contribution is -2.49. The zero-order valence-electron chi connectivity index (χ0n) is 37.5. The molecule has 3 aliphatic rings. The molecule has 2 amide bonds.